The Morgan fingerprint density at radius 1 is 0.875 bits per heavy atom. The average Bonchev–Trinajstić information content (AvgIpc) is 3.22. The highest BCUT2D eigenvalue weighted by Gasteiger charge is 2.27. The van der Waals surface area contributed by atoms with Crippen LogP contribution in [0.25, 0.3) is 11.3 Å². The predicted molar refractivity (Wildman–Crippen MR) is 124 cm³/mol. The van der Waals surface area contributed by atoms with Crippen LogP contribution in [-0.4, -0.2) is 16.8 Å². The van der Waals surface area contributed by atoms with Crippen LogP contribution in [0, 0.1) is 0 Å². The fourth-order valence-corrected chi connectivity index (χ4v) is 4.22. The van der Waals surface area contributed by atoms with Gasteiger partial charge in [-0.1, -0.05) is 78.9 Å². The lowest BCUT2D eigenvalue weighted by Crippen LogP contribution is -2.27. The highest BCUT2D eigenvalue weighted by Crippen LogP contribution is 2.32. The van der Waals surface area contributed by atoms with Crippen LogP contribution in [0.4, 0.5) is 0 Å². The number of hydrogen-bond acceptors (Lipinski definition) is 3. The van der Waals surface area contributed by atoms with E-state index in [-0.39, 0.29) is 12.1 Å². The zero-order valence-electron chi connectivity index (χ0n) is 17.8. The van der Waals surface area contributed by atoms with E-state index in [0.29, 0.717) is 12.2 Å². The molecule has 0 N–H and O–H groups in total. The third-order valence-electron chi connectivity index (χ3n) is 5.88. The number of carbonyl (C=O) groups excluding carboxylic acids is 1. The molecule has 4 aromatic rings. The van der Waals surface area contributed by atoms with Crippen LogP contribution in [0.5, 0.6) is 0 Å². The first kappa shape index (κ1) is 20.3. The van der Waals surface area contributed by atoms with Gasteiger partial charge in [0.15, 0.2) is 0 Å². The SMILES string of the molecule is O=C(On1c(-c2ccccc2)cc2c1CCC(OCc1ccccc1)C2)c1ccccc1. The summed E-state index contributed by atoms with van der Waals surface area (Å²) in [6.07, 6.45) is 2.63. The van der Waals surface area contributed by atoms with E-state index in [4.69, 9.17) is 9.57 Å². The van der Waals surface area contributed by atoms with Gasteiger partial charge in [0.05, 0.1) is 29.7 Å². The van der Waals surface area contributed by atoms with Gasteiger partial charge >= 0.3 is 5.97 Å². The lowest BCUT2D eigenvalue weighted by Gasteiger charge is -2.24. The zero-order chi connectivity index (χ0) is 21.8. The van der Waals surface area contributed by atoms with Crippen molar-refractivity contribution < 1.29 is 14.4 Å². The molecule has 1 unspecified atom stereocenters. The van der Waals surface area contributed by atoms with Crippen molar-refractivity contribution in [3.05, 3.63) is 119 Å². The molecule has 1 aliphatic rings. The Kier molecular flexibility index (Phi) is 5.86. The minimum atomic E-state index is -0.358. The number of ether oxygens (including phenoxy) is 1. The van der Waals surface area contributed by atoms with Gasteiger partial charge in [-0.15, -0.1) is 0 Å². The molecule has 0 bridgehead atoms. The summed E-state index contributed by atoms with van der Waals surface area (Å²) in [5, 5.41) is 0. The van der Waals surface area contributed by atoms with Gasteiger partial charge in [-0.2, -0.15) is 4.73 Å². The van der Waals surface area contributed by atoms with Crippen molar-refractivity contribution in [1.82, 2.24) is 4.73 Å². The molecular formula is C28H25NO3. The Labute approximate surface area is 188 Å². The smallest absolute Gasteiger partial charge is 0.363 e. The monoisotopic (exact) mass is 423 g/mol. The molecule has 1 heterocycles. The Bertz CT molecular complexity index is 1180. The third kappa shape index (κ3) is 4.36. The van der Waals surface area contributed by atoms with Gasteiger partial charge in [-0.25, -0.2) is 4.79 Å². The Morgan fingerprint density at radius 3 is 2.25 bits per heavy atom. The van der Waals surface area contributed by atoms with Gasteiger partial charge in [0, 0.05) is 12.0 Å². The topological polar surface area (TPSA) is 40.5 Å². The fraction of sp³-hybridized carbons (Fsp3) is 0.179. The molecular weight excluding hydrogens is 398 g/mol. The normalized spacial score (nSPS) is 15.2. The maximum absolute atomic E-state index is 12.8. The van der Waals surface area contributed by atoms with Crippen LogP contribution in [0.3, 0.4) is 0 Å². The van der Waals surface area contributed by atoms with Crippen LogP contribution in [0.1, 0.15) is 33.6 Å². The summed E-state index contributed by atoms with van der Waals surface area (Å²) < 4.78 is 7.94. The summed E-state index contributed by atoms with van der Waals surface area (Å²) >= 11 is 0. The first-order valence-corrected chi connectivity index (χ1v) is 11.0. The lowest BCUT2D eigenvalue weighted by molar-refractivity contribution is 0.0277. The van der Waals surface area contributed by atoms with E-state index in [0.717, 1.165) is 36.2 Å². The molecule has 0 radical (unpaired) electrons. The Balaban J connectivity index is 1.41. The van der Waals surface area contributed by atoms with Gasteiger partial charge in [0.2, 0.25) is 0 Å². The second-order valence-electron chi connectivity index (χ2n) is 8.07. The maximum Gasteiger partial charge on any atom is 0.363 e. The third-order valence-corrected chi connectivity index (χ3v) is 5.88. The minimum Gasteiger partial charge on any atom is -0.373 e. The van der Waals surface area contributed by atoms with E-state index in [1.165, 1.54) is 11.1 Å². The Hall–Kier alpha value is -3.63. The lowest BCUT2D eigenvalue weighted by atomic mass is 9.95. The zero-order valence-corrected chi connectivity index (χ0v) is 17.8. The first-order chi connectivity index (χ1) is 15.8. The summed E-state index contributed by atoms with van der Waals surface area (Å²) in [6.45, 7) is 0.607. The van der Waals surface area contributed by atoms with Gasteiger partial charge in [0.1, 0.15) is 0 Å². The fourth-order valence-electron chi connectivity index (χ4n) is 4.22. The van der Waals surface area contributed by atoms with Crippen molar-refractivity contribution >= 4 is 5.97 Å². The summed E-state index contributed by atoms with van der Waals surface area (Å²) in [6, 6.07) is 31.6. The van der Waals surface area contributed by atoms with Gasteiger partial charge < -0.3 is 9.57 Å². The summed E-state index contributed by atoms with van der Waals surface area (Å²) in [4.78, 5) is 18.8. The molecule has 0 aliphatic heterocycles. The molecule has 0 saturated carbocycles. The van der Waals surface area contributed by atoms with E-state index >= 15 is 0 Å². The molecule has 4 heteroatoms. The number of benzene rings is 3. The molecule has 32 heavy (non-hydrogen) atoms. The standard InChI is InChI=1S/C28H25NO3/c30-28(23-14-8-3-9-15-23)32-29-26-17-16-25(31-20-21-10-4-1-5-11-21)18-24(26)19-27(29)22-12-6-2-7-13-22/h1-15,19,25H,16-18,20H2. The van der Waals surface area contributed by atoms with Crippen molar-refractivity contribution in [1.29, 1.82) is 0 Å². The number of aromatic nitrogens is 1. The average molecular weight is 424 g/mol. The second-order valence-corrected chi connectivity index (χ2v) is 8.07. The number of hydrogen-bond donors (Lipinski definition) is 0. The van der Waals surface area contributed by atoms with Crippen LogP contribution < -0.4 is 4.84 Å². The molecule has 0 saturated heterocycles. The van der Waals surface area contributed by atoms with Crippen LogP contribution >= 0.6 is 0 Å². The number of rotatable bonds is 6. The quantitative estimate of drug-likeness (QED) is 0.411. The first-order valence-electron chi connectivity index (χ1n) is 11.0. The van der Waals surface area contributed by atoms with Crippen molar-refractivity contribution in [2.45, 2.75) is 32.0 Å². The van der Waals surface area contributed by atoms with Gasteiger partial charge in [-0.05, 0) is 42.2 Å². The molecule has 3 aromatic carbocycles. The van der Waals surface area contributed by atoms with Gasteiger partial charge in [0.25, 0.3) is 0 Å². The molecule has 0 fully saturated rings. The summed E-state index contributed by atoms with van der Waals surface area (Å²) in [5.74, 6) is -0.358. The molecule has 1 aliphatic carbocycles. The van der Waals surface area contributed by atoms with Crippen LogP contribution in [-0.2, 0) is 24.2 Å². The molecule has 0 amide bonds. The van der Waals surface area contributed by atoms with Crippen molar-refractivity contribution in [2.75, 3.05) is 0 Å². The molecule has 1 atom stereocenters. The van der Waals surface area contributed by atoms with E-state index in [9.17, 15) is 4.79 Å². The number of carbonyl (C=O) groups is 1. The van der Waals surface area contributed by atoms with Gasteiger partial charge in [-0.3, -0.25) is 0 Å². The Morgan fingerprint density at radius 2 is 1.53 bits per heavy atom. The number of fused-ring (bicyclic) bond motifs is 1. The van der Waals surface area contributed by atoms with E-state index < -0.39 is 0 Å². The van der Waals surface area contributed by atoms with Crippen molar-refractivity contribution in [2.24, 2.45) is 0 Å². The molecule has 4 nitrogen and oxygen atoms in total. The van der Waals surface area contributed by atoms with Crippen LogP contribution in [0.15, 0.2) is 97.1 Å². The largest absolute Gasteiger partial charge is 0.373 e. The highest BCUT2D eigenvalue weighted by molar-refractivity contribution is 5.89. The maximum atomic E-state index is 12.8. The van der Waals surface area contributed by atoms with E-state index in [1.54, 1.807) is 16.9 Å². The second kappa shape index (κ2) is 9.25. The summed E-state index contributed by atoms with van der Waals surface area (Å²) in [5.41, 5.74) is 5.85. The molecule has 160 valence electrons. The van der Waals surface area contributed by atoms with Crippen molar-refractivity contribution in [3.8, 4) is 11.3 Å². The van der Waals surface area contributed by atoms with E-state index in [2.05, 4.69) is 18.2 Å². The summed E-state index contributed by atoms with van der Waals surface area (Å²) in [7, 11) is 0. The molecule has 5 rings (SSSR count). The van der Waals surface area contributed by atoms with Crippen LogP contribution in [0.2, 0.25) is 0 Å². The van der Waals surface area contributed by atoms with E-state index in [1.807, 2.05) is 66.7 Å². The van der Waals surface area contributed by atoms with Crippen molar-refractivity contribution in [3.63, 3.8) is 0 Å². The number of nitrogens with zero attached hydrogens (tertiary/aromatic N) is 1. The molecule has 0 spiro atoms. The molecule has 1 aromatic heterocycles. The highest BCUT2D eigenvalue weighted by atomic mass is 16.7. The predicted octanol–water partition coefficient (Wildman–Crippen LogP) is 5.50. The minimum absolute atomic E-state index is 0.145.